The third-order valence-electron chi connectivity index (χ3n) is 7.59. The van der Waals surface area contributed by atoms with E-state index in [0.717, 1.165) is 29.8 Å². The van der Waals surface area contributed by atoms with Gasteiger partial charge in [0.25, 0.3) is 0 Å². The first-order valence-electron chi connectivity index (χ1n) is 12.6. The number of carbonyl (C=O) groups is 2. The number of nitrogens with zero attached hydrogens (tertiary/aromatic N) is 5. The number of carbonyl (C=O) groups excluding carboxylic acids is 1. The molecule has 0 unspecified atom stereocenters. The highest BCUT2D eigenvalue weighted by atomic mass is 35.5. The lowest BCUT2D eigenvalue weighted by atomic mass is 9.96. The van der Waals surface area contributed by atoms with Crippen LogP contribution in [-0.4, -0.2) is 81.2 Å². The van der Waals surface area contributed by atoms with Gasteiger partial charge in [-0.2, -0.15) is 0 Å². The van der Waals surface area contributed by atoms with Crippen molar-refractivity contribution in [2.45, 2.75) is 44.1 Å². The second-order valence-corrected chi connectivity index (χ2v) is 10.6. The average Bonchev–Trinajstić information content (AvgIpc) is 3.65. The zero-order valence-electron chi connectivity index (χ0n) is 20.4. The summed E-state index contributed by atoms with van der Waals surface area (Å²) in [5.41, 5.74) is 2.48. The predicted octanol–water partition coefficient (Wildman–Crippen LogP) is 3.49. The third kappa shape index (κ3) is 5.13. The van der Waals surface area contributed by atoms with Crippen molar-refractivity contribution < 1.29 is 19.8 Å². The van der Waals surface area contributed by atoms with E-state index in [1.54, 1.807) is 12.1 Å². The Morgan fingerprint density at radius 2 is 1.83 bits per heavy atom. The molecular weight excluding hydrogens is 482 g/mol. The number of fused-ring (bicyclic) bond motifs is 1. The van der Waals surface area contributed by atoms with Crippen LogP contribution in [0.5, 0.6) is 0 Å². The molecule has 2 fully saturated rings. The fourth-order valence-corrected chi connectivity index (χ4v) is 5.52. The topological polar surface area (TPSA) is 110 Å². The van der Waals surface area contributed by atoms with Gasteiger partial charge in [0.1, 0.15) is 12.1 Å². The molecule has 1 saturated heterocycles. The van der Waals surface area contributed by atoms with Crippen molar-refractivity contribution in [1.82, 2.24) is 19.8 Å². The van der Waals surface area contributed by atoms with Crippen LogP contribution in [0, 0.1) is 5.92 Å². The van der Waals surface area contributed by atoms with Crippen molar-refractivity contribution in [2.24, 2.45) is 5.92 Å². The van der Waals surface area contributed by atoms with Crippen LogP contribution in [0.2, 0.25) is 5.02 Å². The molecule has 2 N–H and O–H groups in total. The fourth-order valence-electron chi connectivity index (χ4n) is 5.40. The molecule has 36 heavy (non-hydrogen) atoms. The number of anilines is 1. The normalized spacial score (nSPS) is 22.3. The number of hydrogen-bond donors (Lipinski definition) is 2. The maximum Gasteiger partial charge on any atom is 0.407 e. The summed E-state index contributed by atoms with van der Waals surface area (Å²) in [6, 6.07) is 7.11. The summed E-state index contributed by atoms with van der Waals surface area (Å²) >= 11 is 6.08. The Morgan fingerprint density at radius 1 is 1.14 bits per heavy atom. The van der Waals surface area contributed by atoms with Crippen molar-refractivity contribution in [1.29, 1.82) is 0 Å². The van der Waals surface area contributed by atoms with Gasteiger partial charge in [-0.05, 0) is 48.8 Å². The van der Waals surface area contributed by atoms with E-state index in [9.17, 15) is 19.8 Å². The number of benzene rings is 1. The van der Waals surface area contributed by atoms with Gasteiger partial charge in [-0.1, -0.05) is 30.7 Å². The third-order valence-corrected chi connectivity index (χ3v) is 7.84. The Kier molecular flexibility index (Phi) is 7.03. The Hall–Kier alpha value is -2.91. The van der Waals surface area contributed by atoms with E-state index in [0.29, 0.717) is 55.8 Å². The molecule has 2 aromatic rings. The highest BCUT2D eigenvalue weighted by Crippen LogP contribution is 2.42. The molecule has 2 heterocycles. The lowest BCUT2D eigenvalue weighted by Gasteiger charge is -2.38. The van der Waals surface area contributed by atoms with Gasteiger partial charge < -0.3 is 24.9 Å². The van der Waals surface area contributed by atoms with Crippen molar-refractivity contribution in [3.8, 4) is 0 Å². The maximum atomic E-state index is 13.8. The summed E-state index contributed by atoms with van der Waals surface area (Å²) in [4.78, 5) is 39.9. The van der Waals surface area contributed by atoms with E-state index in [4.69, 9.17) is 11.6 Å². The molecule has 0 spiro atoms. The van der Waals surface area contributed by atoms with Gasteiger partial charge in [0.05, 0.1) is 17.7 Å². The number of aliphatic hydroxyl groups is 1. The van der Waals surface area contributed by atoms with E-state index in [1.807, 2.05) is 17.0 Å². The first kappa shape index (κ1) is 24.8. The lowest BCUT2D eigenvalue weighted by molar-refractivity contribution is -0.133. The van der Waals surface area contributed by atoms with Crippen LogP contribution in [0.25, 0.3) is 0 Å². The second kappa shape index (κ2) is 10.2. The molecule has 1 aromatic carbocycles. The Morgan fingerprint density at radius 3 is 2.47 bits per heavy atom. The first-order chi connectivity index (χ1) is 17.3. The molecule has 9 nitrogen and oxygen atoms in total. The van der Waals surface area contributed by atoms with Crippen LogP contribution in [0.1, 0.15) is 60.9 Å². The summed E-state index contributed by atoms with van der Waals surface area (Å²) in [5.74, 6) is 0.736. The van der Waals surface area contributed by atoms with Crippen LogP contribution >= 0.6 is 11.6 Å². The summed E-state index contributed by atoms with van der Waals surface area (Å²) in [5, 5.41) is 20.7. The number of hydrogen-bond acceptors (Lipinski definition) is 6. The molecule has 1 aliphatic heterocycles. The van der Waals surface area contributed by atoms with Gasteiger partial charge in [0, 0.05) is 49.9 Å². The Labute approximate surface area is 215 Å². The Bertz CT molecular complexity index is 1120. The second-order valence-electron chi connectivity index (χ2n) is 10.2. The van der Waals surface area contributed by atoms with Gasteiger partial charge in [-0.15, -0.1) is 0 Å². The maximum absolute atomic E-state index is 13.8. The van der Waals surface area contributed by atoms with Crippen molar-refractivity contribution in [2.75, 3.05) is 44.2 Å². The van der Waals surface area contributed by atoms with Crippen LogP contribution in [0.15, 0.2) is 30.6 Å². The number of aromatic nitrogens is 2. The summed E-state index contributed by atoms with van der Waals surface area (Å²) in [6.45, 7) is 4.90. The zero-order chi connectivity index (χ0) is 25.4. The summed E-state index contributed by atoms with van der Waals surface area (Å²) < 4.78 is 0. The molecule has 3 atom stereocenters. The molecule has 192 valence electrons. The molecule has 2 aliphatic carbocycles. The number of halogens is 1. The van der Waals surface area contributed by atoms with E-state index in [1.165, 1.54) is 11.2 Å². The standard InChI is InChI=1S/C26H32ClN5O4/c1-16-12-21(33)23-22(16)24(29-15-28-23)30-8-10-31(11-9-30)25(34)20(18-4-6-19(27)7-5-18)14-32(26(35)36)13-17-2-3-17/h4-7,15-17,20-21,33H,2-3,8-14H2,1H3,(H,35,36)/t16-,20+,21+/m1/s1. The average molecular weight is 514 g/mol. The van der Waals surface area contributed by atoms with Crippen molar-refractivity contribution in [3.05, 3.63) is 52.4 Å². The van der Waals surface area contributed by atoms with E-state index < -0.39 is 18.1 Å². The number of piperazine rings is 1. The largest absolute Gasteiger partial charge is 0.465 e. The smallest absolute Gasteiger partial charge is 0.407 e. The van der Waals surface area contributed by atoms with Crippen molar-refractivity contribution in [3.63, 3.8) is 0 Å². The molecule has 10 heteroatoms. The highest BCUT2D eigenvalue weighted by molar-refractivity contribution is 6.30. The van der Waals surface area contributed by atoms with Crippen LogP contribution < -0.4 is 4.90 Å². The minimum atomic E-state index is -0.993. The summed E-state index contributed by atoms with van der Waals surface area (Å²) in [6.07, 6.45) is 2.66. The van der Waals surface area contributed by atoms with Gasteiger partial charge in [-0.3, -0.25) is 4.79 Å². The molecular formula is C26H32ClN5O4. The SMILES string of the molecule is C[C@@H]1C[C@H](O)c2ncnc(N3CCN(C(=O)[C@@H](CN(CC4CC4)C(=O)O)c4ccc(Cl)cc4)CC3)c21. The first-order valence-corrected chi connectivity index (χ1v) is 13.0. The monoisotopic (exact) mass is 513 g/mol. The predicted molar refractivity (Wildman–Crippen MR) is 135 cm³/mol. The lowest BCUT2D eigenvalue weighted by Crippen LogP contribution is -2.52. The number of amides is 2. The quantitative estimate of drug-likeness (QED) is 0.583. The van der Waals surface area contributed by atoms with E-state index in [-0.39, 0.29) is 18.4 Å². The fraction of sp³-hybridized carbons (Fsp3) is 0.538. The van der Waals surface area contributed by atoms with Crippen LogP contribution in [0.4, 0.5) is 10.6 Å². The van der Waals surface area contributed by atoms with Crippen LogP contribution in [-0.2, 0) is 4.79 Å². The number of aliphatic hydroxyl groups excluding tert-OH is 1. The van der Waals surface area contributed by atoms with E-state index >= 15 is 0 Å². The molecule has 5 rings (SSSR count). The molecule has 2 amide bonds. The molecule has 1 aromatic heterocycles. The van der Waals surface area contributed by atoms with Crippen LogP contribution in [0.3, 0.4) is 0 Å². The molecule has 0 bridgehead atoms. The Balaban J connectivity index is 1.32. The van der Waals surface area contributed by atoms with Gasteiger partial charge in [0.2, 0.25) is 5.91 Å². The molecule has 1 saturated carbocycles. The van der Waals surface area contributed by atoms with Gasteiger partial charge >= 0.3 is 6.09 Å². The minimum absolute atomic E-state index is 0.0734. The van der Waals surface area contributed by atoms with Gasteiger partial charge in [0.15, 0.2) is 0 Å². The van der Waals surface area contributed by atoms with Gasteiger partial charge in [-0.25, -0.2) is 14.8 Å². The number of carboxylic acid groups (broad SMARTS) is 1. The van der Waals surface area contributed by atoms with Crippen molar-refractivity contribution >= 4 is 29.4 Å². The highest BCUT2D eigenvalue weighted by Gasteiger charge is 2.36. The summed E-state index contributed by atoms with van der Waals surface area (Å²) in [7, 11) is 0. The molecule has 3 aliphatic rings. The zero-order valence-corrected chi connectivity index (χ0v) is 21.1. The molecule has 0 radical (unpaired) electrons. The number of rotatable bonds is 7. The minimum Gasteiger partial charge on any atom is -0.465 e. The van der Waals surface area contributed by atoms with E-state index in [2.05, 4.69) is 21.8 Å².